The molecule has 0 bridgehead atoms. The van der Waals surface area contributed by atoms with Crippen LogP contribution in [-0.2, 0) is 17.9 Å². The van der Waals surface area contributed by atoms with Gasteiger partial charge in [0, 0.05) is 24.3 Å². The predicted molar refractivity (Wildman–Crippen MR) is 112 cm³/mol. The molecule has 0 aliphatic heterocycles. The van der Waals surface area contributed by atoms with Crippen LogP contribution in [0.25, 0.3) is 0 Å². The van der Waals surface area contributed by atoms with E-state index in [1.54, 1.807) is 0 Å². The Bertz CT molecular complexity index is 934. The maximum atomic E-state index is 12.2. The van der Waals surface area contributed by atoms with Gasteiger partial charge in [0.25, 0.3) is 0 Å². The highest BCUT2D eigenvalue weighted by molar-refractivity contribution is 7.14. The van der Waals surface area contributed by atoms with E-state index in [2.05, 4.69) is 5.32 Å². The van der Waals surface area contributed by atoms with Crippen molar-refractivity contribution in [2.75, 3.05) is 0 Å². The van der Waals surface area contributed by atoms with E-state index in [-0.39, 0.29) is 24.5 Å². The lowest BCUT2D eigenvalue weighted by molar-refractivity contribution is -0.121. The molecule has 0 saturated carbocycles. The topological polar surface area (TPSA) is 55.4 Å². The lowest BCUT2D eigenvalue weighted by atomic mass is 10.1. The molecule has 0 aliphatic rings. The fourth-order valence-corrected chi connectivity index (χ4v) is 3.60. The van der Waals surface area contributed by atoms with Crippen molar-refractivity contribution in [3.8, 4) is 5.75 Å². The predicted octanol–water partition coefficient (Wildman–Crippen LogP) is 4.91. The molecule has 5 heteroatoms. The van der Waals surface area contributed by atoms with Crippen LogP contribution >= 0.6 is 11.3 Å². The summed E-state index contributed by atoms with van der Waals surface area (Å²) in [4.78, 5) is 26.1. The summed E-state index contributed by atoms with van der Waals surface area (Å²) in [5.74, 6) is 0.703. The van der Waals surface area contributed by atoms with Crippen LogP contribution in [0, 0.1) is 6.92 Å². The van der Waals surface area contributed by atoms with Gasteiger partial charge in [0.1, 0.15) is 12.4 Å². The smallest absolute Gasteiger partial charge is 0.220 e. The summed E-state index contributed by atoms with van der Waals surface area (Å²) in [5, 5.41) is 2.91. The largest absolute Gasteiger partial charge is 0.489 e. The average Bonchev–Trinajstić information content (AvgIpc) is 3.16. The minimum Gasteiger partial charge on any atom is -0.489 e. The first-order valence-electron chi connectivity index (χ1n) is 9.23. The number of aryl methyl sites for hydroxylation is 1. The van der Waals surface area contributed by atoms with Crippen LogP contribution in [0.3, 0.4) is 0 Å². The molecular formula is C23H23NO3S. The van der Waals surface area contributed by atoms with Crippen LogP contribution in [-0.4, -0.2) is 11.7 Å². The van der Waals surface area contributed by atoms with E-state index in [4.69, 9.17) is 4.74 Å². The van der Waals surface area contributed by atoms with Crippen molar-refractivity contribution in [2.45, 2.75) is 32.9 Å². The number of nitrogens with one attached hydrogen (secondary N) is 1. The molecule has 1 heterocycles. The standard InChI is InChI=1S/C23H23NO3S/c1-17-11-13-22(28-17)21(25)12-14-23(26)24-15-18-7-5-6-8-19(18)16-27-20-9-3-2-4-10-20/h2-11,13H,12,14-16H2,1H3,(H,24,26). The van der Waals surface area contributed by atoms with E-state index in [0.29, 0.717) is 18.0 Å². The molecule has 3 rings (SSSR count). The maximum Gasteiger partial charge on any atom is 0.220 e. The third-order valence-electron chi connectivity index (χ3n) is 4.33. The number of hydrogen-bond acceptors (Lipinski definition) is 4. The Morgan fingerprint density at radius 3 is 2.32 bits per heavy atom. The van der Waals surface area contributed by atoms with E-state index in [9.17, 15) is 9.59 Å². The summed E-state index contributed by atoms with van der Waals surface area (Å²) in [6.07, 6.45) is 0.420. The second-order valence-electron chi connectivity index (χ2n) is 6.48. The van der Waals surface area contributed by atoms with Crippen LogP contribution in [0.4, 0.5) is 0 Å². The molecule has 0 aliphatic carbocycles. The normalized spacial score (nSPS) is 10.5. The van der Waals surface area contributed by atoms with Gasteiger partial charge in [-0.25, -0.2) is 0 Å². The van der Waals surface area contributed by atoms with Crippen LogP contribution in [0.2, 0.25) is 0 Å². The quantitative estimate of drug-likeness (QED) is 0.525. The Morgan fingerprint density at radius 2 is 1.61 bits per heavy atom. The number of hydrogen-bond donors (Lipinski definition) is 1. The number of Topliss-reactive ketones (excluding diaryl/α,β-unsaturated/α-hetero) is 1. The number of carbonyl (C=O) groups excluding carboxylic acids is 2. The molecule has 2 aromatic carbocycles. The van der Waals surface area contributed by atoms with Gasteiger partial charge in [0.15, 0.2) is 5.78 Å². The Morgan fingerprint density at radius 1 is 0.893 bits per heavy atom. The molecule has 0 unspecified atom stereocenters. The molecule has 0 atom stereocenters. The molecule has 28 heavy (non-hydrogen) atoms. The summed E-state index contributed by atoms with van der Waals surface area (Å²) >= 11 is 1.47. The van der Waals surface area contributed by atoms with E-state index >= 15 is 0 Å². The van der Waals surface area contributed by atoms with Crippen molar-refractivity contribution < 1.29 is 14.3 Å². The van der Waals surface area contributed by atoms with Crippen molar-refractivity contribution in [1.29, 1.82) is 0 Å². The van der Waals surface area contributed by atoms with Crippen LogP contribution < -0.4 is 10.1 Å². The lowest BCUT2D eigenvalue weighted by Gasteiger charge is -2.12. The third kappa shape index (κ3) is 5.79. The fraction of sp³-hybridized carbons (Fsp3) is 0.217. The Balaban J connectivity index is 1.48. The number of carbonyl (C=O) groups is 2. The first kappa shape index (κ1) is 19.8. The number of ether oxygens (including phenoxy) is 1. The number of thiophene rings is 1. The van der Waals surface area contributed by atoms with Gasteiger partial charge in [-0.1, -0.05) is 42.5 Å². The molecule has 0 spiro atoms. The summed E-state index contributed by atoms with van der Waals surface area (Å²) in [6.45, 7) is 2.82. The van der Waals surface area contributed by atoms with Crippen molar-refractivity contribution in [2.24, 2.45) is 0 Å². The molecule has 0 radical (unpaired) electrons. The molecule has 1 amide bonds. The molecule has 144 valence electrons. The zero-order valence-corrected chi connectivity index (χ0v) is 16.6. The van der Waals surface area contributed by atoms with E-state index in [1.165, 1.54) is 11.3 Å². The Labute approximate surface area is 169 Å². The molecule has 1 N–H and O–H groups in total. The highest BCUT2D eigenvalue weighted by Crippen LogP contribution is 2.18. The maximum absolute atomic E-state index is 12.2. The second-order valence-corrected chi connectivity index (χ2v) is 7.77. The van der Waals surface area contributed by atoms with Gasteiger partial charge in [-0.05, 0) is 42.3 Å². The molecule has 3 aromatic rings. The zero-order chi connectivity index (χ0) is 19.8. The minimum absolute atomic E-state index is 0.0184. The number of para-hydroxylation sites is 1. The van der Waals surface area contributed by atoms with Gasteiger partial charge in [-0.15, -0.1) is 11.3 Å². The van der Waals surface area contributed by atoms with Crippen molar-refractivity contribution >= 4 is 23.0 Å². The molecule has 0 fully saturated rings. The zero-order valence-electron chi connectivity index (χ0n) is 15.8. The van der Waals surface area contributed by atoms with Gasteiger partial charge in [-0.3, -0.25) is 9.59 Å². The second kappa shape index (κ2) is 9.85. The first-order valence-corrected chi connectivity index (χ1v) is 10.0. The molecule has 1 aromatic heterocycles. The van der Waals surface area contributed by atoms with Gasteiger partial charge in [0.2, 0.25) is 5.91 Å². The Hall–Kier alpha value is -2.92. The number of benzene rings is 2. The third-order valence-corrected chi connectivity index (χ3v) is 5.37. The van der Waals surface area contributed by atoms with Gasteiger partial charge in [0.05, 0.1) is 4.88 Å². The van der Waals surface area contributed by atoms with Crippen LogP contribution in [0.5, 0.6) is 5.75 Å². The van der Waals surface area contributed by atoms with E-state index in [0.717, 1.165) is 21.8 Å². The minimum atomic E-state index is -0.125. The summed E-state index contributed by atoms with van der Waals surface area (Å²) < 4.78 is 5.81. The monoisotopic (exact) mass is 393 g/mol. The number of rotatable bonds is 9. The summed E-state index contributed by atoms with van der Waals surface area (Å²) in [6, 6.07) is 21.2. The van der Waals surface area contributed by atoms with E-state index in [1.807, 2.05) is 73.7 Å². The molecular weight excluding hydrogens is 370 g/mol. The average molecular weight is 394 g/mol. The fourth-order valence-electron chi connectivity index (χ4n) is 2.77. The van der Waals surface area contributed by atoms with Gasteiger partial charge >= 0.3 is 0 Å². The first-order chi connectivity index (χ1) is 13.6. The summed E-state index contributed by atoms with van der Waals surface area (Å²) in [5.41, 5.74) is 2.03. The molecule has 0 saturated heterocycles. The summed E-state index contributed by atoms with van der Waals surface area (Å²) in [7, 11) is 0. The SMILES string of the molecule is Cc1ccc(C(=O)CCC(=O)NCc2ccccc2COc2ccccc2)s1. The van der Waals surface area contributed by atoms with Crippen LogP contribution in [0.1, 0.15) is 38.5 Å². The van der Waals surface area contributed by atoms with Crippen LogP contribution in [0.15, 0.2) is 66.7 Å². The number of ketones is 1. The van der Waals surface area contributed by atoms with Crippen molar-refractivity contribution in [1.82, 2.24) is 5.32 Å². The number of amides is 1. The van der Waals surface area contributed by atoms with Crippen molar-refractivity contribution in [3.05, 3.63) is 87.6 Å². The van der Waals surface area contributed by atoms with Gasteiger partial charge in [-0.2, -0.15) is 0 Å². The lowest BCUT2D eigenvalue weighted by Crippen LogP contribution is -2.24. The molecule has 4 nitrogen and oxygen atoms in total. The highest BCUT2D eigenvalue weighted by atomic mass is 32.1. The Kier molecular flexibility index (Phi) is 6.98. The highest BCUT2D eigenvalue weighted by Gasteiger charge is 2.11. The van der Waals surface area contributed by atoms with E-state index < -0.39 is 0 Å². The van der Waals surface area contributed by atoms with Crippen molar-refractivity contribution in [3.63, 3.8) is 0 Å². The van der Waals surface area contributed by atoms with Gasteiger partial charge < -0.3 is 10.1 Å².